The standard InChI is InChI=1S/C13H21NO5/c1-9(15)7-6-8-10(11(16)18-5)14-12(17)19-13(2,3)4/h6-7,10H,8H2,1-5H3,(H,14,17)/b7-6+/t10-/m0/s1. The van der Waals surface area contributed by atoms with Gasteiger partial charge in [-0.3, -0.25) is 4.79 Å². The van der Waals surface area contributed by atoms with E-state index in [-0.39, 0.29) is 12.2 Å². The van der Waals surface area contributed by atoms with Gasteiger partial charge in [-0.2, -0.15) is 0 Å². The highest BCUT2D eigenvalue weighted by atomic mass is 16.6. The third-order valence-electron chi connectivity index (χ3n) is 1.90. The zero-order chi connectivity index (χ0) is 15.1. The molecule has 0 aliphatic heterocycles. The molecule has 0 saturated heterocycles. The van der Waals surface area contributed by atoms with Gasteiger partial charge in [-0.05, 0) is 40.2 Å². The average Bonchev–Trinajstić information content (AvgIpc) is 2.23. The number of hydrogen-bond acceptors (Lipinski definition) is 5. The van der Waals surface area contributed by atoms with Crippen LogP contribution in [-0.2, 0) is 19.1 Å². The molecule has 19 heavy (non-hydrogen) atoms. The molecule has 0 unspecified atom stereocenters. The van der Waals surface area contributed by atoms with Gasteiger partial charge in [-0.15, -0.1) is 0 Å². The van der Waals surface area contributed by atoms with Gasteiger partial charge >= 0.3 is 12.1 Å². The zero-order valence-electron chi connectivity index (χ0n) is 12.0. The third-order valence-corrected chi connectivity index (χ3v) is 1.90. The van der Waals surface area contributed by atoms with Crippen LogP contribution in [0.4, 0.5) is 4.79 Å². The molecule has 0 bridgehead atoms. The molecule has 6 nitrogen and oxygen atoms in total. The SMILES string of the molecule is COC(=O)[C@H](C/C=C/C(C)=O)NC(=O)OC(C)(C)C. The summed E-state index contributed by atoms with van der Waals surface area (Å²) < 4.78 is 9.61. The average molecular weight is 271 g/mol. The van der Waals surface area contributed by atoms with E-state index in [0.29, 0.717) is 0 Å². The van der Waals surface area contributed by atoms with Crippen LogP contribution in [0.2, 0.25) is 0 Å². The van der Waals surface area contributed by atoms with Gasteiger partial charge < -0.3 is 14.8 Å². The first-order valence-corrected chi connectivity index (χ1v) is 5.90. The molecular formula is C13H21NO5. The van der Waals surface area contributed by atoms with Crippen molar-refractivity contribution in [3.8, 4) is 0 Å². The number of esters is 1. The molecule has 108 valence electrons. The van der Waals surface area contributed by atoms with Crippen LogP contribution in [0.15, 0.2) is 12.2 Å². The maximum Gasteiger partial charge on any atom is 0.408 e. The molecule has 1 amide bonds. The lowest BCUT2D eigenvalue weighted by Gasteiger charge is -2.22. The quantitative estimate of drug-likeness (QED) is 0.606. The van der Waals surface area contributed by atoms with E-state index in [2.05, 4.69) is 10.1 Å². The van der Waals surface area contributed by atoms with E-state index in [9.17, 15) is 14.4 Å². The van der Waals surface area contributed by atoms with Crippen LogP contribution >= 0.6 is 0 Å². The molecule has 0 radical (unpaired) electrons. The minimum absolute atomic E-state index is 0.138. The second-order valence-corrected chi connectivity index (χ2v) is 4.97. The molecule has 0 fully saturated rings. The third kappa shape index (κ3) is 8.82. The van der Waals surface area contributed by atoms with Crippen LogP contribution in [0.25, 0.3) is 0 Å². The maximum atomic E-state index is 11.6. The van der Waals surface area contributed by atoms with Gasteiger partial charge in [-0.1, -0.05) is 6.08 Å². The van der Waals surface area contributed by atoms with Crippen molar-refractivity contribution in [2.45, 2.75) is 45.8 Å². The highest BCUT2D eigenvalue weighted by Gasteiger charge is 2.23. The first-order valence-electron chi connectivity index (χ1n) is 5.90. The van der Waals surface area contributed by atoms with E-state index in [1.54, 1.807) is 20.8 Å². The number of carbonyl (C=O) groups excluding carboxylic acids is 3. The number of ketones is 1. The number of alkyl carbamates (subject to hydrolysis) is 1. The molecule has 0 aliphatic rings. The Bertz CT molecular complexity index is 368. The normalized spacial score (nSPS) is 12.9. The number of ether oxygens (including phenoxy) is 2. The number of nitrogens with one attached hydrogen (secondary N) is 1. The Hall–Kier alpha value is -1.85. The van der Waals surface area contributed by atoms with Gasteiger partial charge in [0.1, 0.15) is 11.6 Å². The number of methoxy groups -OCH3 is 1. The summed E-state index contributed by atoms with van der Waals surface area (Å²) in [5.74, 6) is -0.736. The minimum atomic E-state index is -0.879. The van der Waals surface area contributed by atoms with E-state index < -0.39 is 23.7 Å². The van der Waals surface area contributed by atoms with Crippen LogP contribution in [0.1, 0.15) is 34.1 Å². The van der Waals surface area contributed by atoms with Crippen molar-refractivity contribution >= 4 is 17.8 Å². The molecule has 0 aromatic rings. The van der Waals surface area contributed by atoms with E-state index >= 15 is 0 Å². The summed E-state index contributed by atoms with van der Waals surface area (Å²) in [5, 5.41) is 2.40. The van der Waals surface area contributed by atoms with Crippen molar-refractivity contribution in [2.24, 2.45) is 0 Å². The lowest BCUT2D eigenvalue weighted by molar-refractivity contribution is -0.143. The first-order chi connectivity index (χ1) is 8.65. The molecule has 0 saturated carbocycles. The van der Waals surface area contributed by atoms with Crippen LogP contribution in [0, 0.1) is 0 Å². The van der Waals surface area contributed by atoms with Gasteiger partial charge in [0.05, 0.1) is 7.11 Å². The van der Waals surface area contributed by atoms with Crippen molar-refractivity contribution in [3.63, 3.8) is 0 Å². The summed E-state index contributed by atoms with van der Waals surface area (Å²) in [5.41, 5.74) is -0.653. The lowest BCUT2D eigenvalue weighted by Crippen LogP contribution is -2.43. The van der Waals surface area contributed by atoms with Gasteiger partial charge in [0.2, 0.25) is 0 Å². The second-order valence-electron chi connectivity index (χ2n) is 4.97. The van der Waals surface area contributed by atoms with Crippen molar-refractivity contribution in [2.75, 3.05) is 7.11 Å². The molecule has 1 N–H and O–H groups in total. The lowest BCUT2D eigenvalue weighted by atomic mass is 10.2. The fourth-order valence-electron chi connectivity index (χ4n) is 1.18. The Morgan fingerprint density at radius 2 is 1.84 bits per heavy atom. The topological polar surface area (TPSA) is 81.7 Å². The molecule has 1 atom stereocenters. The minimum Gasteiger partial charge on any atom is -0.467 e. The monoisotopic (exact) mass is 271 g/mol. The fraction of sp³-hybridized carbons (Fsp3) is 0.615. The van der Waals surface area contributed by atoms with Gasteiger partial charge in [0.25, 0.3) is 0 Å². The summed E-state index contributed by atoms with van der Waals surface area (Å²) in [6.45, 7) is 6.55. The zero-order valence-corrected chi connectivity index (χ0v) is 12.0. The predicted molar refractivity (Wildman–Crippen MR) is 69.6 cm³/mol. The van der Waals surface area contributed by atoms with Crippen LogP contribution in [0.3, 0.4) is 0 Å². The van der Waals surface area contributed by atoms with E-state index in [1.165, 1.54) is 26.2 Å². The molecule has 0 spiro atoms. The number of carbonyl (C=O) groups is 3. The number of hydrogen-bond donors (Lipinski definition) is 1. The van der Waals surface area contributed by atoms with Crippen LogP contribution in [0.5, 0.6) is 0 Å². The predicted octanol–water partition coefficient (Wildman–Crippen LogP) is 1.59. The van der Waals surface area contributed by atoms with Crippen molar-refractivity contribution < 1.29 is 23.9 Å². The second kappa shape index (κ2) is 7.56. The molecule has 0 heterocycles. The summed E-state index contributed by atoms with van der Waals surface area (Å²) in [6, 6.07) is -0.879. The van der Waals surface area contributed by atoms with E-state index in [0.717, 1.165) is 0 Å². The van der Waals surface area contributed by atoms with Gasteiger partial charge in [0, 0.05) is 0 Å². The Labute approximate surface area is 113 Å². The molecule has 0 rings (SSSR count). The summed E-state index contributed by atoms with van der Waals surface area (Å²) in [6.07, 6.45) is 2.28. The van der Waals surface area contributed by atoms with Crippen molar-refractivity contribution in [1.29, 1.82) is 0 Å². The highest BCUT2D eigenvalue weighted by molar-refractivity contribution is 5.87. The Balaban J connectivity index is 4.56. The Morgan fingerprint density at radius 3 is 2.26 bits per heavy atom. The first kappa shape index (κ1) is 17.2. The summed E-state index contributed by atoms with van der Waals surface area (Å²) >= 11 is 0. The van der Waals surface area contributed by atoms with E-state index in [1.807, 2.05) is 0 Å². The molecule has 0 aromatic carbocycles. The summed E-state index contributed by atoms with van der Waals surface area (Å²) in [7, 11) is 1.22. The molecular weight excluding hydrogens is 250 g/mol. The smallest absolute Gasteiger partial charge is 0.408 e. The summed E-state index contributed by atoms with van der Waals surface area (Å²) in [4.78, 5) is 33.8. The largest absolute Gasteiger partial charge is 0.467 e. The number of amides is 1. The Kier molecular flexibility index (Phi) is 6.82. The highest BCUT2D eigenvalue weighted by Crippen LogP contribution is 2.07. The number of allylic oxidation sites excluding steroid dienone is 1. The number of rotatable bonds is 5. The molecule has 0 aromatic heterocycles. The van der Waals surface area contributed by atoms with Crippen molar-refractivity contribution in [1.82, 2.24) is 5.32 Å². The van der Waals surface area contributed by atoms with Crippen LogP contribution < -0.4 is 5.32 Å². The Morgan fingerprint density at radius 1 is 1.26 bits per heavy atom. The molecule has 6 heteroatoms. The molecule has 0 aliphatic carbocycles. The fourth-order valence-corrected chi connectivity index (χ4v) is 1.18. The van der Waals surface area contributed by atoms with E-state index in [4.69, 9.17) is 4.74 Å². The van der Waals surface area contributed by atoms with Gasteiger partial charge in [-0.25, -0.2) is 9.59 Å². The van der Waals surface area contributed by atoms with Crippen molar-refractivity contribution in [3.05, 3.63) is 12.2 Å². The maximum absolute atomic E-state index is 11.6. The van der Waals surface area contributed by atoms with Gasteiger partial charge in [0.15, 0.2) is 5.78 Å². The van der Waals surface area contributed by atoms with Crippen LogP contribution in [-0.4, -0.2) is 36.6 Å².